The molecule has 96 valence electrons. The van der Waals surface area contributed by atoms with Crippen molar-refractivity contribution in [1.29, 1.82) is 0 Å². The molecule has 0 radical (unpaired) electrons. The van der Waals surface area contributed by atoms with Crippen LogP contribution < -0.4 is 5.32 Å². The SMILES string of the molecule is CSCCn1cc(CNC2CC2)c2cccnc21. The van der Waals surface area contributed by atoms with Crippen LogP contribution >= 0.6 is 11.8 Å². The maximum Gasteiger partial charge on any atom is 0.140 e. The van der Waals surface area contributed by atoms with Gasteiger partial charge in [-0.2, -0.15) is 11.8 Å². The molecule has 2 heterocycles. The number of aromatic nitrogens is 2. The van der Waals surface area contributed by atoms with Crippen LogP contribution in [0.4, 0.5) is 0 Å². The van der Waals surface area contributed by atoms with Crippen molar-refractivity contribution < 1.29 is 0 Å². The van der Waals surface area contributed by atoms with E-state index in [0.717, 1.165) is 30.5 Å². The van der Waals surface area contributed by atoms with Gasteiger partial charge in [0.1, 0.15) is 5.65 Å². The van der Waals surface area contributed by atoms with Crippen LogP contribution in [0.5, 0.6) is 0 Å². The molecule has 0 atom stereocenters. The second kappa shape index (κ2) is 5.33. The molecular formula is C14H19N3S. The Labute approximate surface area is 112 Å². The molecule has 0 saturated heterocycles. The zero-order valence-corrected chi connectivity index (χ0v) is 11.5. The predicted molar refractivity (Wildman–Crippen MR) is 78.0 cm³/mol. The first kappa shape index (κ1) is 12.1. The van der Waals surface area contributed by atoms with E-state index in [1.165, 1.54) is 23.8 Å². The Morgan fingerprint density at radius 2 is 2.39 bits per heavy atom. The van der Waals surface area contributed by atoms with E-state index in [1.54, 1.807) is 0 Å². The summed E-state index contributed by atoms with van der Waals surface area (Å²) in [5.74, 6) is 1.13. The van der Waals surface area contributed by atoms with E-state index < -0.39 is 0 Å². The van der Waals surface area contributed by atoms with Crippen LogP contribution in [-0.4, -0.2) is 27.6 Å². The Bertz CT molecular complexity index is 531. The Hall–Kier alpha value is -1.00. The zero-order valence-electron chi connectivity index (χ0n) is 10.7. The van der Waals surface area contributed by atoms with Gasteiger partial charge >= 0.3 is 0 Å². The number of rotatable bonds is 6. The van der Waals surface area contributed by atoms with Crippen molar-refractivity contribution in [1.82, 2.24) is 14.9 Å². The highest BCUT2D eigenvalue weighted by atomic mass is 32.2. The van der Waals surface area contributed by atoms with E-state index in [0.29, 0.717) is 0 Å². The van der Waals surface area contributed by atoms with E-state index in [2.05, 4.69) is 33.4 Å². The average molecular weight is 261 g/mol. The van der Waals surface area contributed by atoms with Crippen LogP contribution in [-0.2, 0) is 13.1 Å². The molecule has 18 heavy (non-hydrogen) atoms. The molecule has 0 unspecified atom stereocenters. The van der Waals surface area contributed by atoms with Gasteiger partial charge in [-0.25, -0.2) is 4.98 Å². The number of thioether (sulfide) groups is 1. The minimum atomic E-state index is 0.756. The molecule has 1 saturated carbocycles. The van der Waals surface area contributed by atoms with Crippen molar-refractivity contribution >= 4 is 22.8 Å². The van der Waals surface area contributed by atoms with Gasteiger partial charge < -0.3 is 9.88 Å². The predicted octanol–water partition coefficient (Wildman–Crippen LogP) is 2.65. The van der Waals surface area contributed by atoms with E-state index >= 15 is 0 Å². The molecule has 4 heteroatoms. The summed E-state index contributed by atoms with van der Waals surface area (Å²) in [5.41, 5.74) is 2.50. The van der Waals surface area contributed by atoms with Crippen LogP contribution in [0, 0.1) is 0 Å². The summed E-state index contributed by atoms with van der Waals surface area (Å²) in [7, 11) is 0. The first-order chi connectivity index (χ1) is 8.88. The van der Waals surface area contributed by atoms with Gasteiger partial charge in [-0.1, -0.05) is 0 Å². The molecule has 0 aliphatic heterocycles. The smallest absolute Gasteiger partial charge is 0.140 e. The number of aryl methyl sites for hydroxylation is 1. The topological polar surface area (TPSA) is 29.9 Å². The number of hydrogen-bond acceptors (Lipinski definition) is 3. The van der Waals surface area contributed by atoms with Crippen molar-refractivity contribution in [3.8, 4) is 0 Å². The lowest BCUT2D eigenvalue weighted by Crippen LogP contribution is -2.14. The summed E-state index contributed by atoms with van der Waals surface area (Å²) in [6, 6.07) is 4.97. The monoisotopic (exact) mass is 261 g/mol. The van der Waals surface area contributed by atoms with Crippen molar-refractivity contribution in [2.75, 3.05) is 12.0 Å². The highest BCUT2D eigenvalue weighted by molar-refractivity contribution is 7.98. The van der Waals surface area contributed by atoms with Crippen LogP contribution in [0.3, 0.4) is 0 Å². The molecule has 0 spiro atoms. The summed E-state index contributed by atoms with van der Waals surface area (Å²) in [6.07, 6.45) is 8.97. The molecule has 3 nitrogen and oxygen atoms in total. The molecule has 1 aliphatic rings. The fraction of sp³-hybridized carbons (Fsp3) is 0.500. The Kier molecular flexibility index (Phi) is 3.57. The zero-order chi connectivity index (χ0) is 12.4. The molecular weight excluding hydrogens is 242 g/mol. The molecule has 0 amide bonds. The van der Waals surface area contributed by atoms with Gasteiger partial charge in [0.05, 0.1) is 0 Å². The van der Waals surface area contributed by atoms with E-state index in [1.807, 2.05) is 24.0 Å². The molecule has 2 aromatic heterocycles. The number of pyridine rings is 1. The molecule has 1 fully saturated rings. The second-order valence-electron chi connectivity index (χ2n) is 4.87. The van der Waals surface area contributed by atoms with Gasteiger partial charge in [0.2, 0.25) is 0 Å². The maximum absolute atomic E-state index is 4.52. The lowest BCUT2D eigenvalue weighted by molar-refractivity contribution is 0.686. The standard InChI is InChI=1S/C14H19N3S/c1-18-8-7-17-10-11(9-16-12-4-5-12)13-3-2-6-15-14(13)17/h2-3,6,10,12,16H,4-5,7-9H2,1H3. The van der Waals surface area contributed by atoms with Crippen molar-refractivity contribution in [2.45, 2.75) is 32.0 Å². The second-order valence-corrected chi connectivity index (χ2v) is 5.86. The van der Waals surface area contributed by atoms with Crippen molar-refractivity contribution in [3.63, 3.8) is 0 Å². The van der Waals surface area contributed by atoms with Crippen molar-refractivity contribution in [3.05, 3.63) is 30.1 Å². The number of fused-ring (bicyclic) bond motifs is 1. The van der Waals surface area contributed by atoms with Gasteiger partial charge in [-0.3, -0.25) is 0 Å². The largest absolute Gasteiger partial charge is 0.331 e. The summed E-state index contributed by atoms with van der Waals surface area (Å²) < 4.78 is 2.29. The van der Waals surface area contributed by atoms with E-state index in [-0.39, 0.29) is 0 Å². The fourth-order valence-corrected chi connectivity index (χ4v) is 2.62. The highest BCUT2D eigenvalue weighted by Gasteiger charge is 2.20. The Morgan fingerprint density at radius 3 is 3.17 bits per heavy atom. The summed E-state index contributed by atoms with van der Waals surface area (Å²) in [4.78, 5) is 4.52. The lowest BCUT2D eigenvalue weighted by Gasteiger charge is -2.01. The molecule has 1 N–H and O–H groups in total. The van der Waals surface area contributed by atoms with Gasteiger partial charge in [0.25, 0.3) is 0 Å². The molecule has 3 rings (SSSR count). The third kappa shape index (κ3) is 2.54. The molecule has 0 bridgehead atoms. The summed E-state index contributed by atoms with van der Waals surface area (Å²) in [6.45, 7) is 2.01. The maximum atomic E-state index is 4.52. The number of nitrogens with zero attached hydrogens (tertiary/aromatic N) is 2. The highest BCUT2D eigenvalue weighted by Crippen LogP contribution is 2.23. The van der Waals surface area contributed by atoms with Crippen LogP contribution in [0.15, 0.2) is 24.5 Å². The lowest BCUT2D eigenvalue weighted by atomic mass is 10.2. The van der Waals surface area contributed by atoms with Gasteiger partial charge in [0.15, 0.2) is 0 Å². The minimum Gasteiger partial charge on any atom is -0.331 e. The average Bonchev–Trinajstić information content (AvgIpc) is 3.17. The van der Waals surface area contributed by atoms with Crippen LogP contribution in [0.1, 0.15) is 18.4 Å². The molecule has 0 aromatic carbocycles. The third-order valence-corrected chi connectivity index (χ3v) is 4.00. The van der Waals surface area contributed by atoms with E-state index in [4.69, 9.17) is 0 Å². The molecule has 1 aliphatic carbocycles. The Morgan fingerprint density at radius 1 is 1.50 bits per heavy atom. The molecule has 2 aromatic rings. The normalized spacial score (nSPS) is 15.4. The fourth-order valence-electron chi connectivity index (χ4n) is 2.24. The summed E-state index contributed by atoms with van der Waals surface area (Å²) >= 11 is 1.88. The van der Waals surface area contributed by atoms with Gasteiger partial charge in [-0.05, 0) is 36.8 Å². The van der Waals surface area contributed by atoms with Crippen LogP contribution in [0.2, 0.25) is 0 Å². The van der Waals surface area contributed by atoms with Crippen molar-refractivity contribution in [2.24, 2.45) is 0 Å². The van der Waals surface area contributed by atoms with Crippen LogP contribution in [0.25, 0.3) is 11.0 Å². The summed E-state index contributed by atoms with van der Waals surface area (Å²) in [5, 5.41) is 4.89. The number of nitrogens with one attached hydrogen (secondary N) is 1. The number of hydrogen-bond donors (Lipinski definition) is 1. The van der Waals surface area contributed by atoms with Gasteiger partial charge in [0, 0.05) is 42.7 Å². The minimum absolute atomic E-state index is 0.756. The van der Waals surface area contributed by atoms with E-state index in [9.17, 15) is 0 Å². The third-order valence-electron chi connectivity index (χ3n) is 3.41. The first-order valence-corrected chi connectivity index (χ1v) is 7.93. The Balaban J connectivity index is 1.86. The quantitative estimate of drug-likeness (QED) is 0.867. The van der Waals surface area contributed by atoms with Gasteiger partial charge in [-0.15, -0.1) is 0 Å². The first-order valence-electron chi connectivity index (χ1n) is 6.53.